The first-order valence-corrected chi connectivity index (χ1v) is 4.29. The predicted molar refractivity (Wildman–Crippen MR) is 52.0 cm³/mol. The Kier molecular flexibility index (Phi) is 3.06. The highest BCUT2D eigenvalue weighted by molar-refractivity contribution is 6.00. The van der Waals surface area contributed by atoms with E-state index in [0.29, 0.717) is 6.61 Å². The number of anilines is 1. The number of ether oxygens (including phenoxy) is 1. The molecule has 0 aromatic heterocycles. The molecule has 1 aromatic rings. The third-order valence-electron chi connectivity index (χ3n) is 1.79. The smallest absolute Gasteiger partial charge is 0.162 e. The van der Waals surface area contributed by atoms with Gasteiger partial charge in [0.25, 0.3) is 0 Å². The van der Waals surface area contributed by atoms with Crippen molar-refractivity contribution in [3.63, 3.8) is 0 Å². The minimum Gasteiger partial charge on any atom is -0.492 e. The number of nitrogen functional groups attached to an aromatic ring is 1. The van der Waals surface area contributed by atoms with Gasteiger partial charge in [0.05, 0.1) is 12.3 Å². The lowest BCUT2D eigenvalue weighted by Gasteiger charge is -2.09. The van der Waals surface area contributed by atoms with Crippen LogP contribution in [0.4, 0.5) is 10.1 Å². The molecule has 0 saturated heterocycles. The van der Waals surface area contributed by atoms with E-state index >= 15 is 0 Å². The number of hydrogen-bond acceptors (Lipinski definition) is 3. The maximum Gasteiger partial charge on any atom is 0.162 e. The highest BCUT2D eigenvalue weighted by Crippen LogP contribution is 2.27. The van der Waals surface area contributed by atoms with Crippen LogP contribution in [0.25, 0.3) is 0 Å². The zero-order chi connectivity index (χ0) is 10.7. The Morgan fingerprint density at radius 3 is 2.71 bits per heavy atom. The van der Waals surface area contributed by atoms with Crippen LogP contribution >= 0.6 is 0 Å². The van der Waals surface area contributed by atoms with Crippen molar-refractivity contribution >= 4 is 11.5 Å². The molecule has 1 aromatic carbocycles. The average Bonchev–Trinajstić information content (AvgIpc) is 2.10. The maximum atomic E-state index is 13.0. The van der Waals surface area contributed by atoms with Crippen molar-refractivity contribution in [3.05, 3.63) is 23.5 Å². The molecule has 14 heavy (non-hydrogen) atoms. The van der Waals surface area contributed by atoms with Crippen LogP contribution in [-0.4, -0.2) is 12.4 Å². The lowest BCUT2D eigenvalue weighted by Crippen LogP contribution is -2.04. The molecule has 0 unspecified atom stereocenters. The second-order valence-corrected chi connectivity index (χ2v) is 2.85. The number of ketones is 1. The molecule has 1 rings (SSSR count). The number of carbonyl (C=O) groups excluding carboxylic acids is 1. The number of hydrogen-bond donors (Lipinski definition) is 1. The number of carbonyl (C=O) groups is 1. The van der Waals surface area contributed by atoms with E-state index in [4.69, 9.17) is 10.5 Å². The first-order chi connectivity index (χ1) is 6.56. The summed E-state index contributed by atoms with van der Waals surface area (Å²) < 4.78 is 18.1. The summed E-state index contributed by atoms with van der Waals surface area (Å²) in [7, 11) is 0. The Morgan fingerprint density at radius 2 is 2.21 bits per heavy atom. The van der Waals surface area contributed by atoms with Gasteiger partial charge in [-0.05, 0) is 19.9 Å². The van der Waals surface area contributed by atoms with Crippen molar-refractivity contribution < 1.29 is 13.9 Å². The van der Waals surface area contributed by atoms with Gasteiger partial charge in [-0.1, -0.05) is 0 Å². The molecule has 0 aliphatic heterocycles. The zero-order valence-corrected chi connectivity index (χ0v) is 8.13. The molecular weight excluding hydrogens is 185 g/mol. The minimum absolute atomic E-state index is 0.161. The van der Waals surface area contributed by atoms with Gasteiger partial charge >= 0.3 is 0 Å². The lowest BCUT2D eigenvalue weighted by atomic mass is 10.1. The second-order valence-electron chi connectivity index (χ2n) is 2.85. The van der Waals surface area contributed by atoms with Gasteiger partial charge in [-0.25, -0.2) is 4.39 Å². The van der Waals surface area contributed by atoms with Crippen molar-refractivity contribution in [1.82, 2.24) is 0 Å². The van der Waals surface area contributed by atoms with Gasteiger partial charge in [0.15, 0.2) is 5.78 Å². The fourth-order valence-corrected chi connectivity index (χ4v) is 1.16. The second kappa shape index (κ2) is 4.09. The van der Waals surface area contributed by atoms with Crippen LogP contribution in [0.2, 0.25) is 0 Å². The van der Waals surface area contributed by atoms with Crippen LogP contribution in [0.3, 0.4) is 0 Å². The summed E-state index contributed by atoms with van der Waals surface area (Å²) in [4.78, 5) is 11.1. The average molecular weight is 197 g/mol. The Balaban J connectivity index is 3.24. The molecule has 0 radical (unpaired) electrons. The monoisotopic (exact) mass is 197 g/mol. The third kappa shape index (κ3) is 2.02. The van der Waals surface area contributed by atoms with E-state index in [1.807, 2.05) is 0 Å². The van der Waals surface area contributed by atoms with Crippen LogP contribution in [0, 0.1) is 5.82 Å². The van der Waals surface area contributed by atoms with Gasteiger partial charge in [-0.3, -0.25) is 4.79 Å². The standard InChI is InChI=1S/C10H12FNO2/c1-3-14-9-5-7(11)4-8(6(2)13)10(9)12/h4-5H,3,12H2,1-2H3. The van der Waals surface area contributed by atoms with Gasteiger partial charge in [-0.15, -0.1) is 0 Å². The summed E-state index contributed by atoms with van der Waals surface area (Å²) in [6.07, 6.45) is 0. The van der Waals surface area contributed by atoms with Gasteiger partial charge in [0.1, 0.15) is 11.6 Å². The van der Waals surface area contributed by atoms with E-state index in [0.717, 1.165) is 6.07 Å². The Bertz CT molecular complexity index is 363. The topological polar surface area (TPSA) is 52.3 Å². The maximum absolute atomic E-state index is 13.0. The fourth-order valence-electron chi connectivity index (χ4n) is 1.16. The van der Waals surface area contributed by atoms with Crippen LogP contribution < -0.4 is 10.5 Å². The highest BCUT2D eigenvalue weighted by Gasteiger charge is 2.12. The molecule has 0 aliphatic carbocycles. The van der Waals surface area contributed by atoms with E-state index in [1.54, 1.807) is 6.92 Å². The Hall–Kier alpha value is -1.58. The van der Waals surface area contributed by atoms with Crippen molar-refractivity contribution in [2.24, 2.45) is 0 Å². The summed E-state index contributed by atoms with van der Waals surface area (Å²) in [6, 6.07) is 2.28. The van der Waals surface area contributed by atoms with Gasteiger partial charge < -0.3 is 10.5 Å². The predicted octanol–water partition coefficient (Wildman–Crippen LogP) is 2.01. The molecule has 0 aliphatic rings. The van der Waals surface area contributed by atoms with Crippen LogP contribution in [0.5, 0.6) is 5.75 Å². The van der Waals surface area contributed by atoms with Gasteiger partial charge in [0.2, 0.25) is 0 Å². The molecule has 0 heterocycles. The first-order valence-electron chi connectivity index (χ1n) is 4.29. The lowest BCUT2D eigenvalue weighted by molar-refractivity contribution is 0.101. The third-order valence-corrected chi connectivity index (χ3v) is 1.79. The van der Waals surface area contributed by atoms with E-state index in [9.17, 15) is 9.18 Å². The molecule has 0 atom stereocenters. The van der Waals surface area contributed by atoms with Crippen LogP contribution in [-0.2, 0) is 0 Å². The number of benzene rings is 1. The van der Waals surface area contributed by atoms with Crippen molar-refractivity contribution in [2.75, 3.05) is 12.3 Å². The molecule has 2 N–H and O–H groups in total. The SMILES string of the molecule is CCOc1cc(F)cc(C(C)=O)c1N. The molecule has 0 spiro atoms. The molecule has 0 saturated carbocycles. The quantitative estimate of drug-likeness (QED) is 0.595. The summed E-state index contributed by atoms with van der Waals surface area (Å²) in [5, 5.41) is 0. The van der Waals surface area contributed by atoms with Crippen LogP contribution in [0.1, 0.15) is 24.2 Å². The number of Topliss-reactive ketones (excluding diaryl/α,β-unsaturated/α-hetero) is 1. The Labute approximate surface area is 81.7 Å². The van der Waals surface area contributed by atoms with Gasteiger partial charge in [-0.2, -0.15) is 0 Å². The summed E-state index contributed by atoms with van der Waals surface area (Å²) in [6.45, 7) is 3.48. The molecular formula is C10H12FNO2. The largest absolute Gasteiger partial charge is 0.492 e. The van der Waals surface area contributed by atoms with E-state index < -0.39 is 5.82 Å². The van der Waals surface area contributed by atoms with Crippen molar-refractivity contribution in [3.8, 4) is 5.75 Å². The first kappa shape index (κ1) is 10.5. The molecule has 0 bridgehead atoms. The fraction of sp³-hybridized carbons (Fsp3) is 0.300. The Morgan fingerprint density at radius 1 is 1.57 bits per heavy atom. The molecule has 4 heteroatoms. The van der Waals surface area contributed by atoms with E-state index in [2.05, 4.69) is 0 Å². The van der Waals surface area contributed by atoms with Crippen molar-refractivity contribution in [1.29, 1.82) is 0 Å². The number of halogens is 1. The molecule has 76 valence electrons. The number of rotatable bonds is 3. The summed E-state index contributed by atoms with van der Waals surface area (Å²) in [5.74, 6) is -0.575. The van der Waals surface area contributed by atoms with E-state index in [1.165, 1.54) is 13.0 Å². The summed E-state index contributed by atoms with van der Waals surface area (Å²) >= 11 is 0. The molecule has 3 nitrogen and oxygen atoms in total. The van der Waals surface area contributed by atoms with Crippen LogP contribution in [0.15, 0.2) is 12.1 Å². The molecule has 0 fully saturated rings. The summed E-state index contributed by atoms with van der Waals surface area (Å²) in [5.41, 5.74) is 5.98. The zero-order valence-electron chi connectivity index (χ0n) is 8.13. The highest BCUT2D eigenvalue weighted by atomic mass is 19.1. The number of nitrogens with two attached hydrogens (primary N) is 1. The van der Waals surface area contributed by atoms with Gasteiger partial charge in [0, 0.05) is 11.6 Å². The normalized spacial score (nSPS) is 9.93. The van der Waals surface area contributed by atoms with Crippen molar-refractivity contribution in [2.45, 2.75) is 13.8 Å². The molecule has 0 amide bonds. The van der Waals surface area contributed by atoms with E-state index in [-0.39, 0.29) is 22.8 Å². The minimum atomic E-state index is -0.521.